The first-order chi connectivity index (χ1) is 12.6. The molecule has 1 aromatic heterocycles. The fourth-order valence-electron chi connectivity index (χ4n) is 2.60. The number of rotatable bonds is 6. The zero-order valence-electron chi connectivity index (χ0n) is 13.7. The van der Waals surface area contributed by atoms with E-state index in [0.717, 1.165) is 24.6 Å². The number of nitrogens with one attached hydrogen (secondary N) is 2. The van der Waals surface area contributed by atoms with Crippen LogP contribution in [0.1, 0.15) is 18.4 Å². The topological polar surface area (TPSA) is 113 Å². The predicted octanol–water partition coefficient (Wildman–Crippen LogP) is 2.01. The van der Waals surface area contributed by atoms with E-state index in [1.54, 1.807) is 6.07 Å². The van der Waals surface area contributed by atoms with Crippen LogP contribution in [-0.2, 0) is 16.1 Å². The van der Waals surface area contributed by atoms with Gasteiger partial charge < -0.3 is 10.1 Å². The first-order valence-corrected chi connectivity index (χ1v) is 9.32. The molecule has 1 aliphatic rings. The molecule has 0 bridgehead atoms. The lowest BCUT2D eigenvalue weighted by atomic mass is 10.2. The van der Waals surface area contributed by atoms with Gasteiger partial charge in [-0.05, 0) is 31.0 Å². The molecule has 1 fully saturated rings. The average Bonchev–Trinajstić information content (AvgIpc) is 3.25. The van der Waals surface area contributed by atoms with E-state index >= 15 is 0 Å². The lowest BCUT2D eigenvalue weighted by Crippen LogP contribution is -2.25. The van der Waals surface area contributed by atoms with Crippen LogP contribution in [0.3, 0.4) is 0 Å². The molecule has 10 heteroatoms. The Hall–Kier alpha value is -2.28. The van der Waals surface area contributed by atoms with E-state index in [1.807, 2.05) is 6.07 Å². The van der Waals surface area contributed by atoms with Crippen molar-refractivity contribution in [3.05, 3.63) is 39.3 Å². The van der Waals surface area contributed by atoms with Gasteiger partial charge in [-0.1, -0.05) is 23.4 Å². The zero-order chi connectivity index (χ0) is 18.5. The Balaban J connectivity index is 1.62. The minimum atomic E-state index is -0.329. The molecule has 1 aromatic carbocycles. The first kappa shape index (κ1) is 18.5. The number of hydrogen-bond acceptors (Lipinski definition) is 6. The molecule has 0 spiro atoms. The largest absolute Gasteiger partial charge is 0.376 e. The molecule has 1 atom stereocenters. The van der Waals surface area contributed by atoms with Gasteiger partial charge in [0.15, 0.2) is 5.16 Å². The van der Waals surface area contributed by atoms with Crippen molar-refractivity contribution in [1.82, 2.24) is 14.8 Å². The van der Waals surface area contributed by atoms with Crippen LogP contribution in [0.2, 0.25) is 5.02 Å². The molecular weight excluding hydrogens is 378 g/mol. The standard InChI is InChI=1S/C16H16ClN5O3S/c17-11-4-3-10(7-18)13(6-11)19-14(23)9-26-16-21-20-15(24)22(16)8-12-2-1-5-25-12/h3-4,6,12H,1-2,5,8-9H2,(H,19,23)(H,20,24)/t12-/m1/s1. The van der Waals surface area contributed by atoms with Crippen molar-refractivity contribution in [1.29, 1.82) is 5.26 Å². The second-order valence-electron chi connectivity index (χ2n) is 5.70. The Morgan fingerprint density at radius 2 is 2.42 bits per heavy atom. The van der Waals surface area contributed by atoms with Crippen molar-refractivity contribution >= 4 is 35.0 Å². The number of hydrogen-bond donors (Lipinski definition) is 2. The van der Waals surface area contributed by atoms with Crippen molar-refractivity contribution < 1.29 is 9.53 Å². The van der Waals surface area contributed by atoms with Gasteiger partial charge in [-0.2, -0.15) is 5.26 Å². The Morgan fingerprint density at radius 1 is 1.58 bits per heavy atom. The van der Waals surface area contributed by atoms with Crippen LogP contribution in [0.25, 0.3) is 0 Å². The fraction of sp³-hybridized carbons (Fsp3) is 0.375. The molecule has 2 heterocycles. The number of halogens is 1. The minimum absolute atomic E-state index is 0.0110. The number of nitriles is 1. The molecule has 0 saturated carbocycles. The van der Waals surface area contributed by atoms with Gasteiger partial charge in [-0.25, -0.2) is 9.89 Å². The number of thioether (sulfide) groups is 1. The van der Waals surface area contributed by atoms with E-state index in [-0.39, 0.29) is 23.5 Å². The monoisotopic (exact) mass is 393 g/mol. The number of ether oxygens (including phenoxy) is 1. The highest BCUT2D eigenvalue weighted by Crippen LogP contribution is 2.22. The number of aromatic nitrogens is 3. The third-order valence-corrected chi connectivity index (χ3v) is 5.05. The smallest absolute Gasteiger partial charge is 0.344 e. The lowest BCUT2D eigenvalue weighted by molar-refractivity contribution is -0.113. The average molecular weight is 394 g/mol. The van der Waals surface area contributed by atoms with Crippen LogP contribution in [0.4, 0.5) is 5.69 Å². The summed E-state index contributed by atoms with van der Waals surface area (Å²) < 4.78 is 7.02. The van der Waals surface area contributed by atoms with Gasteiger partial charge in [0, 0.05) is 11.6 Å². The second kappa shape index (κ2) is 8.40. The molecular formula is C16H16ClN5O3S. The highest BCUT2D eigenvalue weighted by molar-refractivity contribution is 7.99. The summed E-state index contributed by atoms with van der Waals surface area (Å²) in [7, 11) is 0. The van der Waals surface area contributed by atoms with Crippen LogP contribution in [-0.4, -0.2) is 39.1 Å². The number of nitrogens with zero attached hydrogens (tertiary/aromatic N) is 3. The molecule has 0 aliphatic carbocycles. The highest BCUT2D eigenvalue weighted by atomic mass is 35.5. The second-order valence-corrected chi connectivity index (χ2v) is 7.07. The molecule has 1 amide bonds. The highest BCUT2D eigenvalue weighted by Gasteiger charge is 2.20. The normalized spacial score (nSPS) is 16.4. The first-order valence-electron chi connectivity index (χ1n) is 7.96. The van der Waals surface area contributed by atoms with Crippen molar-refractivity contribution in [3.63, 3.8) is 0 Å². The fourth-order valence-corrected chi connectivity index (χ4v) is 3.53. The molecule has 2 aromatic rings. The maximum atomic E-state index is 12.2. The Morgan fingerprint density at radius 3 is 3.15 bits per heavy atom. The molecule has 136 valence electrons. The quantitative estimate of drug-likeness (QED) is 0.726. The minimum Gasteiger partial charge on any atom is -0.376 e. The molecule has 0 radical (unpaired) electrons. The summed E-state index contributed by atoms with van der Waals surface area (Å²) in [6.07, 6.45) is 1.86. The van der Waals surface area contributed by atoms with Gasteiger partial charge in [-0.15, -0.1) is 5.10 Å². The van der Waals surface area contributed by atoms with E-state index in [4.69, 9.17) is 21.6 Å². The number of benzene rings is 1. The van der Waals surface area contributed by atoms with Crippen molar-refractivity contribution in [2.75, 3.05) is 17.7 Å². The number of amides is 1. The van der Waals surface area contributed by atoms with Crippen molar-refractivity contribution in [2.45, 2.75) is 30.6 Å². The van der Waals surface area contributed by atoms with Gasteiger partial charge in [0.25, 0.3) is 0 Å². The number of H-pyrrole nitrogens is 1. The van der Waals surface area contributed by atoms with E-state index in [0.29, 0.717) is 34.6 Å². The summed E-state index contributed by atoms with van der Waals surface area (Å²) in [4.78, 5) is 24.1. The lowest BCUT2D eigenvalue weighted by Gasteiger charge is -2.11. The summed E-state index contributed by atoms with van der Waals surface area (Å²) in [5, 5.41) is 19.0. The molecule has 26 heavy (non-hydrogen) atoms. The summed E-state index contributed by atoms with van der Waals surface area (Å²) in [6.45, 7) is 1.11. The van der Waals surface area contributed by atoms with E-state index in [9.17, 15) is 9.59 Å². The molecule has 0 unspecified atom stereocenters. The van der Waals surface area contributed by atoms with Crippen LogP contribution >= 0.6 is 23.4 Å². The predicted molar refractivity (Wildman–Crippen MR) is 97.3 cm³/mol. The van der Waals surface area contributed by atoms with E-state index in [2.05, 4.69) is 15.5 Å². The van der Waals surface area contributed by atoms with E-state index < -0.39 is 0 Å². The summed E-state index contributed by atoms with van der Waals surface area (Å²) in [5.74, 6) is -0.291. The summed E-state index contributed by atoms with van der Waals surface area (Å²) >= 11 is 7.04. The Labute approximate surface area is 158 Å². The van der Waals surface area contributed by atoms with Gasteiger partial charge in [0.1, 0.15) is 6.07 Å². The van der Waals surface area contributed by atoms with Gasteiger partial charge in [0.05, 0.1) is 29.7 Å². The number of carbonyl (C=O) groups is 1. The van der Waals surface area contributed by atoms with Gasteiger partial charge in [-0.3, -0.25) is 9.36 Å². The maximum absolute atomic E-state index is 12.2. The maximum Gasteiger partial charge on any atom is 0.344 e. The van der Waals surface area contributed by atoms with Crippen LogP contribution in [0, 0.1) is 11.3 Å². The van der Waals surface area contributed by atoms with Crippen molar-refractivity contribution in [3.8, 4) is 6.07 Å². The van der Waals surface area contributed by atoms with Gasteiger partial charge >= 0.3 is 5.69 Å². The van der Waals surface area contributed by atoms with Crippen molar-refractivity contribution in [2.24, 2.45) is 0 Å². The Bertz CT molecular complexity index is 898. The summed E-state index contributed by atoms with van der Waals surface area (Å²) in [5.41, 5.74) is 0.345. The van der Waals surface area contributed by atoms with Crippen LogP contribution < -0.4 is 11.0 Å². The summed E-state index contributed by atoms with van der Waals surface area (Å²) in [6, 6.07) is 6.64. The SMILES string of the molecule is N#Cc1ccc(Cl)cc1NC(=O)CSc1n[nH]c(=O)n1C[C@H]1CCCO1. The molecule has 2 N–H and O–H groups in total. The number of anilines is 1. The van der Waals surface area contributed by atoms with E-state index in [1.165, 1.54) is 16.7 Å². The molecule has 3 rings (SSSR count). The van der Waals surface area contributed by atoms with Crippen LogP contribution in [0.5, 0.6) is 0 Å². The van der Waals surface area contributed by atoms with Crippen LogP contribution in [0.15, 0.2) is 28.2 Å². The molecule has 1 saturated heterocycles. The third kappa shape index (κ3) is 4.46. The number of aromatic amines is 1. The van der Waals surface area contributed by atoms with Gasteiger partial charge in [0.2, 0.25) is 5.91 Å². The molecule has 8 nitrogen and oxygen atoms in total. The molecule has 1 aliphatic heterocycles. The zero-order valence-corrected chi connectivity index (χ0v) is 15.3. The third-order valence-electron chi connectivity index (χ3n) is 3.84. The number of carbonyl (C=O) groups excluding carboxylic acids is 1. The Kier molecular flexibility index (Phi) is 5.98.